The number of methoxy groups -OCH3 is 1. The quantitative estimate of drug-likeness (QED) is 0.563. The van der Waals surface area contributed by atoms with Crippen LogP contribution in [0.1, 0.15) is 0 Å². The van der Waals surface area contributed by atoms with Crippen molar-refractivity contribution in [3.8, 4) is 11.5 Å². The molecule has 1 fully saturated rings. The Kier molecular flexibility index (Phi) is 2.85. The SMILES string of the molecule is COC12C=CC(OC1=O)C1C2C(=O)C=CC12Oc1cccc3cccc(c13)O2. The van der Waals surface area contributed by atoms with Gasteiger partial charge >= 0.3 is 5.97 Å². The summed E-state index contributed by atoms with van der Waals surface area (Å²) in [6.45, 7) is 0. The normalized spacial score (nSPS) is 33.4. The van der Waals surface area contributed by atoms with E-state index in [1.165, 1.54) is 13.2 Å². The smallest absolute Gasteiger partial charge is 0.343 e. The summed E-state index contributed by atoms with van der Waals surface area (Å²) in [7, 11) is 1.41. The molecule has 0 saturated carbocycles. The lowest BCUT2D eigenvalue weighted by Crippen LogP contribution is -2.71. The van der Waals surface area contributed by atoms with Crippen LogP contribution in [0.25, 0.3) is 10.8 Å². The number of fused-ring (bicyclic) bond motifs is 1. The Bertz CT molecular complexity index is 1070. The lowest BCUT2D eigenvalue weighted by Gasteiger charge is -2.55. The van der Waals surface area contributed by atoms with E-state index in [0.717, 1.165) is 10.8 Å². The molecule has 2 aromatic carbocycles. The summed E-state index contributed by atoms with van der Waals surface area (Å²) < 4.78 is 23.9. The summed E-state index contributed by atoms with van der Waals surface area (Å²) in [5.41, 5.74) is -1.47. The second kappa shape index (κ2) is 5.02. The molecule has 28 heavy (non-hydrogen) atoms. The molecule has 0 aromatic heterocycles. The second-order valence-electron chi connectivity index (χ2n) is 7.50. The van der Waals surface area contributed by atoms with Crippen LogP contribution in [0.4, 0.5) is 0 Å². The van der Waals surface area contributed by atoms with Gasteiger partial charge < -0.3 is 18.9 Å². The molecule has 140 valence electrons. The number of hydrogen-bond donors (Lipinski definition) is 0. The number of carbonyl (C=O) groups is 2. The number of ether oxygens (including phenoxy) is 4. The van der Waals surface area contributed by atoms with E-state index in [0.29, 0.717) is 11.5 Å². The molecule has 2 bridgehead atoms. The summed E-state index contributed by atoms with van der Waals surface area (Å²) in [4.78, 5) is 25.4. The Hall–Kier alpha value is -3.12. The zero-order chi connectivity index (χ0) is 19.1. The van der Waals surface area contributed by atoms with Crippen molar-refractivity contribution in [3.63, 3.8) is 0 Å². The first-order chi connectivity index (χ1) is 13.6. The molecule has 1 saturated heterocycles. The van der Waals surface area contributed by atoms with Crippen LogP contribution in [0.5, 0.6) is 11.5 Å². The van der Waals surface area contributed by atoms with Crippen LogP contribution in [0.2, 0.25) is 0 Å². The van der Waals surface area contributed by atoms with Crippen molar-refractivity contribution in [3.05, 3.63) is 60.7 Å². The molecular weight excluding hydrogens is 360 g/mol. The standard InChI is InChI=1S/C22H16O6/c1-25-21-10-9-16(26-20(21)24)19-18(21)13(23)8-11-22(19)27-14-6-2-4-12-5-3-7-15(28-22)17(12)14/h2-11,16,18-19H,1H3. The van der Waals surface area contributed by atoms with E-state index < -0.39 is 35.3 Å². The van der Waals surface area contributed by atoms with Crippen molar-refractivity contribution in [2.45, 2.75) is 17.5 Å². The number of allylic oxidation sites excluding steroid dienone is 1. The van der Waals surface area contributed by atoms with Gasteiger partial charge in [0, 0.05) is 13.2 Å². The molecule has 1 spiro atoms. The summed E-state index contributed by atoms with van der Waals surface area (Å²) in [5, 5.41) is 1.88. The maximum Gasteiger partial charge on any atom is 0.343 e. The predicted molar refractivity (Wildman–Crippen MR) is 97.8 cm³/mol. The third-order valence-electron chi connectivity index (χ3n) is 6.23. The largest absolute Gasteiger partial charge is 0.455 e. The molecule has 3 heterocycles. The predicted octanol–water partition coefficient (Wildman–Crippen LogP) is 2.56. The number of benzene rings is 2. The van der Waals surface area contributed by atoms with Gasteiger partial charge in [-0.25, -0.2) is 4.79 Å². The third kappa shape index (κ3) is 1.72. The Balaban J connectivity index is 1.56. The molecule has 2 aliphatic carbocycles. The topological polar surface area (TPSA) is 71.1 Å². The van der Waals surface area contributed by atoms with Gasteiger partial charge in [-0.15, -0.1) is 0 Å². The molecule has 2 aromatic rings. The fourth-order valence-electron chi connectivity index (χ4n) is 4.99. The first-order valence-corrected chi connectivity index (χ1v) is 9.16. The van der Waals surface area contributed by atoms with Crippen LogP contribution in [0.3, 0.4) is 0 Å². The van der Waals surface area contributed by atoms with E-state index in [9.17, 15) is 9.59 Å². The van der Waals surface area contributed by atoms with E-state index >= 15 is 0 Å². The lowest BCUT2D eigenvalue weighted by atomic mass is 9.61. The van der Waals surface area contributed by atoms with E-state index in [2.05, 4.69) is 0 Å². The van der Waals surface area contributed by atoms with Crippen LogP contribution in [-0.4, -0.2) is 36.4 Å². The van der Waals surface area contributed by atoms with Crippen molar-refractivity contribution in [1.82, 2.24) is 0 Å². The minimum Gasteiger partial charge on any atom is -0.455 e. The van der Waals surface area contributed by atoms with Crippen LogP contribution in [0.15, 0.2) is 60.7 Å². The van der Waals surface area contributed by atoms with Gasteiger partial charge in [0.1, 0.15) is 17.6 Å². The summed E-state index contributed by atoms with van der Waals surface area (Å²) in [6, 6.07) is 11.6. The fourth-order valence-corrected chi connectivity index (χ4v) is 4.99. The molecule has 0 N–H and O–H groups in total. The highest BCUT2D eigenvalue weighted by molar-refractivity contribution is 6.02. The zero-order valence-electron chi connectivity index (χ0n) is 15.0. The minimum absolute atomic E-state index is 0.201. The van der Waals surface area contributed by atoms with Crippen LogP contribution in [-0.2, 0) is 19.1 Å². The highest BCUT2D eigenvalue weighted by atomic mass is 16.7. The van der Waals surface area contributed by atoms with E-state index in [1.807, 2.05) is 36.4 Å². The molecule has 0 amide bonds. The number of ketones is 1. The van der Waals surface area contributed by atoms with Gasteiger partial charge in [-0.3, -0.25) is 4.79 Å². The highest BCUT2D eigenvalue weighted by Crippen LogP contribution is 2.54. The Morgan fingerprint density at radius 1 is 1.00 bits per heavy atom. The van der Waals surface area contributed by atoms with E-state index in [1.54, 1.807) is 18.2 Å². The fraction of sp³-hybridized carbons (Fsp3) is 0.273. The number of esters is 1. The maximum absolute atomic E-state index is 12.9. The monoisotopic (exact) mass is 376 g/mol. The van der Waals surface area contributed by atoms with Gasteiger partial charge in [0.25, 0.3) is 5.79 Å². The maximum atomic E-state index is 12.9. The molecule has 4 atom stereocenters. The van der Waals surface area contributed by atoms with Gasteiger partial charge in [0.05, 0.1) is 17.2 Å². The Labute approximate surface area is 160 Å². The average Bonchev–Trinajstić information content (AvgIpc) is 2.71. The zero-order valence-corrected chi connectivity index (χ0v) is 15.0. The van der Waals surface area contributed by atoms with Crippen molar-refractivity contribution < 1.29 is 28.5 Å². The Morgan fingerprint density at radius 3 is 2.36 bits per heavy atom. The van der Waals surface area contributed by atoms with Gasteiger partial charge in [-0.1, -0.05) is 24.3 Å². The number of carbonyl (C=O) groups excluding carboxylic acids is 2. The third-order valence-corrected chi connectivity index (χ3v) is 6.23. The van der Waals surface area contributed by atoms with Gasteiger partial charge in [0.2, 0.25) is 0 Å². The summed E-state index contributed by atoms with van der Waals surface area (Å²) in [5.74, 6) is -2.06. The molecule has 4 unspecified atom stereocenters. The molecule has 6 heteroatoms. The number of rotatable bonds is 1. The van der Waals surface area contributed by atoms with Crippen LogP contribution in [0, 0.1) is 11.8 Å². The minimum atomic E-state index is -1.47. The summed E-state index contributed by atoms with van der Waals surface area (Å²) >= 11 is 0. The molecule has 3 aliphatic heterocycles. The highest BCUT2D eigenvalue weighted by Gasteiger charge is 2.69. The van der Waals surface area contributed by atoms with Gasteiger partial charge in [0.15, 0.2) is 11.4 Å². The van der Waals surface area contributed by atoms with Crippen LogP contribution >= 0.6 is 0 Å². The molecule has 7 rings (SSSR count). The second-order valence-corrected chi connectivity index (χ2v) is 7.50. The molecule has 6 nitrogen and oxygen atoms in total. The number of hydrogen-bond acceptors (Lipinski definition) is 6. The lowest BCUT2D eigenvalue weighted by molar-refractivity contribution is -0.237. The van der Waals surface area contributed by atoms with Gasteiger partial charge in [-0.05, 0) is 35.7 Å². The Morgan fingerprint density at radius 2 is 1.71 bits per heavy atom. The van der Waals surface area contributed by atoms with Crippen molar-refractivity contribution >= 4 is 22.5 Å². The first kappa shape index (κ1) is 15.9. The molecule has 0 radical (unpaired) electrons. The average molecular weight is 376 g/mol. The molecule has 5 aliphatic rings. The van der Waals surface area contributed by atoms with Gasteiger partial charge in [-0.2, -0.15) is 0 Å². The van der Waals surface area contributed by atoms with Crippen molar-refractivity contribution in [2.24, 2.45) is 11.8 Å². The van der Waals surface area contributed by atoms with Crippen molar-refractivity contribution in [2.75, 3.05) is 7.11 Å². The van der Waals surface area contributed by atoms with E-state index in [-0.39, 0.29) is 5.78 Å². The molecular formula is C22H16O6. The van der Waals surface area contributed by atoms with Crippen molar-refractivity contribution in [1.29, 1.82) is 0 Å². The first-order valence-electron chi connectivity index (χ1n) is 9.16. The van der Waals surface area contributed by atoms with Crippen LogP contribution < -0.4 is 9.47 Å². The summed E-state index contributed by atoms with van der Waals surface area (Å²) in [6.07, 6.45) is 5.81. The van der Waals surface area contributed by atoms with E-state index in [4.69, 9.17) is 18.9 Å².